The third-order valence-corrected chi connectivity index (χ3v) is 5.86. The third kappa shape index (κ3) is 2.63. The van der Waals surface area contributed by atoms with Crippen molar-refractivity contribution in [1.82, 2.24) is 9.80 Å². The van der Waals surface area contributed by atoms with Gasteiger partial charge in [0.2, 0.25) is 5.91 Å². The molecule has 5 nitrogen and oxygen atoms in total. The van der Waals surface area contributed by atoms with E-state index in [1.165, 1.54) is 11.0 Å². The molecular formula is C21H21ClFN3O2. The first kappa shape index (κ1) is 18.9. The Morgan fingerprint density at radius 3 is 2.71 bits per heavy atom. The van der Waals surface area contributed by atoms with Crippen molar-refractivity contribution in [3.05, 3.63) is 64.4 Å². The summed E-state index contributed by atoms with van der Waals surface area (Å²) in [6.45, 7) is 0.498. The molecule has 2 heterocycles. The van der Waals surface area contributed by atoms with Gasteiger partial charge in [0, 0.05) is 42.5 Å². The van der Waals surface area contributed by atoms with Crippen molar-refractivity contribution in [2.24, 2.45) is 0 Å². The molecule has 2 amide bonds. The van der Waals surface area contributed by atoms with E-state index in [0.717, 1.165) is 6.42 Å². The van der Waals surface area contributed by atoms with Gasteiger partial charge in [0.05, 0.1) is 6.04 Å². The zero-order chi connectivity index (χ0) is 20.1. The largest absolute Gasteiger partial charge is 0.347 e. The van der Waals surface area contributed by atoms with Gasteiger partial charge in [-0.25, -0.2) is 4.39 Å². The van der Waals surface area contributed by atoms with Gasteiger partial charge >= 0.3 is 0 Å². The topological polar surface area (TPSA) is 52.7 Å². The molecule has 0 saturated carbocycles. The summed E-state index contributed by atoms with van der Waals surface area (Å²) in [4.78, 5) is 29.7. The Labute approximate surface area is 168 Å². The maximum absolute atomic E-state index is 15.1. The van der Waals surface area contributed by atoms with Gasteiger partial charge in [0.25, 0.3) is 5.91 Å². The minimum atomic E-state index is -1.45. The van der Waals surface area contributed by atoms with E-state index < -0.39 is 17.4 Å². The van der Waals surface area contributed by atoms with Crippen molar-refractivity contribution in [1.29, 1.82) is 0 Å². The number of amides is 2. The van der Waals surface area contributed by atoms with Crippen LogP contribution in [0.25, 0.3) is 0 Å². The molecule has 0 spiro atoms. The lowest BCUT2D eigenvalue weighted by molar-refractivity contribution is -0.138. The van der Waals surface area contributed by atoms with Crippen LogP contribution in [0.2, 0.25) is 5.02 Å². The molecule has 0 bridgehead atoms. The lowest BCUT2D eigenvalue weighted by Crippen LogP contribution is -2.57. The number of nitrogens with one attached hydrogen (secondary N) is 1. The fourth-order valence-electron chi connectivity index (χ4n) is 4.44. The van der Waals surface area contributed by atoms with E-state index in [0.29, 0.717) is 29.2 Å². The molecule has 2 aliphatic heterocycles. The Morgan fingerprint density at radius 1 is 1.25 bits per heavy atom. The van der Waals surface area contributed by atoms with Gasteiger partial charge in [0.1, 0.15) is 5.82 Å². The quantitative estimate of drug-likeness (QED) is 0.859. The molecule has 0 radical (unpaired) electrons. The number of carbonyl (C=O) groups is 2. The van der Waals surface area contributed by atoms with Crippen LogP contribution in [-0.2, 0) is 15.1 Å². The first-order valence-corrected chi connectivity index (χ1v) is 9.59. The second-order valence-electron chi connectivity index (χ2n) is 7.42. The van der Waals surface area contributed by atoms with Gasteiger partial charge in [-0.3, -0.25) is 14.5 Å². The summed E-state index contributed by atoms with van der Waals surface area (Å²) in [5.41, 5.74) is -0.0561. The average molecular weight is 402 g/mol. The van der Waals surface area contributed by atoms with Crippen LogP contribution in [0, 0.1) is 5.82 Å². The number of carbonyl (C=O) groups excluding carboxylic acids is 2. The number of rotatable bonds is 3. The van der Waals surface area contributed by atoms with Gasteiger partial charge in [0.15, 0.2) is 5.54 Å². The number of fused-ring (bicyclic) bond motifs is 1. The molecule has 146 valence electrons. The molecule has 1 fully saturated rings. The van der Waals surface area contributed by atoms with E-state index in [9.17, 15) is 9.59 Å². The summed E-state index contributed by atoms with van der Waals surface area (Å²) >= 11 is 6.26. The first-order valence-electron chi connectivity index (χ1n) is 9.21. The normalized spacial score (nSPS) is 24.1. The monoisotopic (exact) mass is 401 g/mol. The molecule has 28 heavy (non-hydrogen) atoms. The van der Waals surface area contributed by atoms with E-state index in [4.69, 9.17) is 11.6 Å². The van der Waals surface area contributed by atoms with Crippen LogP contribution in [-0.4, -0.2) is 48.3 Å². The maximum atomic E-state index is 15.1. The van der Waals surface area contributed by atoms with Crippen molar-refractivity contribution in [3.8, 4) is 0 Å². The molecule has 2 atom stereocenters. The zero-order valence-corrected chi connectivity index (χ0v) is 16.5. The number of likely N-dealkylation sites (N-methyl/N-ethyl adjacent to an activating group) is 1. The van der Waals surface area contributed by atoms with Gasteiger partial charge < -0.3 is 10.2 Å². The van der Waals surface area contributed by atoms with Crippen LogP contribution in [0.15, 0.2) is 42.5 Å². The number of likely N-dealkylation sites (tertiary alicyclic amines) is 1. The maximum Gasteiger partial charge on any atom is 0.254 e. The zero-order valence-electron chi connectivity index (χ0n) is 15.7. The van der Waals surface area contributed by atoms with Crippen LogP contribution >= 0.6 is 11.6 Å². The van der Waals surface area contributed by atoms with Gasteiger partial charge in [-0.05, 0) is 37.1 Å². The summed E-state index contributed by atoms with van der Waals surface area (Å²) in [6, 6.07) is 10.8. The van der Waals surface area contributed by atoms with E-state index >= 15 is 4.39 Å². The molecule has 0 aliphatic carbocycles. The molecule has 1 N–H and O–H groups in total. The molecule has 2 aromatic carbocycles. The minimum Gasteiger partial charge on any atom is -0.347 e. The second-order valence-corrected chi connectivity index (χ2v) is 7.85. The fraction of sp³-hybridized carbons (Fsp3) is 0.333. The molecule has 1 unspecified atom stereocenters. The van der Waals surface area contributed by atoms with Gasteiger partial charge in [-0.2, -0.15) is 0 Å². The molecular weight excluding hydrogens is 381 g/mol. The molecule has 7 heteroatoms. The Bertz CT molecular complexity index is 964. The highest BCUT2D eigenvalue weighted by molar-refractivity contribution is 6.31. The van der Waals surface area contributed by atoms with E-state index in [1.807, 2.05) is 4.90 Å². The summed E-state index contributed by atoms with van der Waals surface area (Å²) in [5, 5.41) is 3.33. The highest BCUT2D eigenvalue weighted by Crippen LogP contribution is 2.49. The first-order chi connectivity index (χ1) is 13.4. The number of nitrogens with zero attached hydrogens (tertiary/aromatic N) is 2. The fourth-order valence-corrected chi connectivity index (χ4v) is 4.62. The van der Waals surface area contributed by atoms with E-state index in [1.54, 1.807) is 50.5 Å². The van der Waals surface area contributed by atoms with Gasteiger partial charge in [-0.15, -0.1) is 0 Å². The SMILES string of the molecule is CN(C)C(=O)[C@@H]1CCCN1C1(c2ccccc2F)C(=O)Nc2ccc(Cl)cc21. The van der Waals surface area contributed by atoms with Crippen LogP contribution in [0.1, 0.15) is 24.0 Å². The molecule has 2 aliphatic rings. The number of hydrogen-bond donors (Lipinski definition) is 1. The minimum absolute atomic E-state index is 0.100. The number of anilines is 1. The van der Waals surface area contributed by atoms with Crippen LogP contribution in [0.5, 0.6) is 0 Å². The average Bonchev–Trinajstić information content (AvgIpc) is 3.24. The van der Waals surface area contributed by atoms with Crippen molar-refractivity contribution in [2.75, 3.05) is 26.0 Å². The number of benzene rings is 2. The highest BCUT2D eigenvalue weighted by Gasteiger charge is 2.58. The summed E-state index contributed by atoms with van der Waals surface area (Å²) < 4.78 is 15.1. The lowest BCUT2D eigenvalue weighted by atomic mass is 9.81. The summed E-state index contributed by atoms with van der Waals surface area (Å²) in [6.07, 6.45) is 1.35. The van der Waals surface area contributed by atoms with E-state index in [-0.39, 0.29) is 17.4 Å². The Hall–Kier alpha value is -2.44. The third-order valence-electron chi connectivity index (χ3n) is 5.62. The smallest absolute Gasteiger partial charge is 0.254 e. The van der Waals surface area contributed by atoms with Crippen molar-refractivity contribution in [2.45, 2.75) is 24.4 Å². The summed E-state index contributed by atoms with van der Waals surface area (Å²) in [7, 11) is 3.38. The van der Waals surface area contributed by atoms with Gasteiger partial charge in [-0.1, -0.05) is 29.8 Å². The second kappa shape index (κ2) is 6.87. The van der Waals surface area contributed by atoms with Crippen molar-refractivity contribution in [3.63, 3.8) is 0 Å². The molecule has 2 aromatic rings. The summed E-state index contributed by atoms with van der Waals surface area (Å²) in [5.74, 6) is -0.960. The Balaban J connectivity index is 2.00. The predicted molar refractivity (Wildman–Crippen MR) is 106 cm³/mol. The standard InChI is InChI=1S/C21H21ClFN3O2/c1-25(2)19(27)18-8-5-11-26(18)21(14-6-3-4-7-16(14)23)15-12-13(22)9-10-17(15)24-20(21)28/h3-4,6-7,9-10,12,18H,5,8,11H2,1-2H3,(H,24,28)/t18-,21?/m0/s1. The van der Waals surface area contributed by atoms with Crippen LogP contribution in [0.4, 0.5) is 10.1 Å². The molecule has 1 saturated heterocycles. The molecule has 0 aromatic heterocycles. The Morgan fingerprint density at radius 2 is 2.00 bits per heavy atom. The number of hydrogen-bond acceptors (Lipinski definition) is 3. The van der Waals surface area contributed by atoms with Crippen molar-refractivity contribution < 1.29 is 14.0 Å². The Kier molecular flexibility index (Phi) is 4.63. The van der Waals surface area contributed by atoms with Crippen molar-refractivity contribution >= 4 is 29.1 Å². The highest BCUT2D eigenvalue weighted by atomic mass is 35.5. The van der Waals surface area contributed by atoms with Crippen LogP contribution in [0.3, 0.4) is 0 Å². The van der Waals surface area contributed by atoms with Crippen LogP contribution < -0.4 is 5.32 Å². The predicted octanol–water partition coefficient (Wildman–Crippen LogP) is 3.23. The number of halogens is 2. The lowest BCUT2D eigenvalue weighted by Gasteiger charge is -2.41. The van der Waals surface area contributed by atoms with E-state index in [2.05, 4.69) is 5.32 Å². The molecule has 4 rings (SSSR count).